The fourth-order valence-electron chi connectivity index (χ4n) is 4.55. The van der Waals surface area contributed by atoms with Gasteiger partial charge in [-0.15, -0.1) is 5.10 Å². The molecule has 4 rings (SSSR count). The Morgan fingerprint density at radius 3 is 2.42 bits per heavy atom. The molecule has 7 nitrogen and oxygen atoms in total. The normalized spacial score (nSPS) is 20.6. The minimum Gasteiger partial charge on any atom is -0.353 e. The lowest BCUT2D eigenvalue weighted by atomic mass is 9.95. The summed E-state index contributed by atoms with van der Waals surface area (Å²) in [6.07, 6.45) is 3.84. The first-order chi connectivity index (χ1) is 16.0. The predicted molar refractivity (Wildman–Crippen MR) is 138 cm³/mol. The molecule has 1 N–H and O–H groups in total. The molecule has 1 aromatic carbocycles. The Hall–Kier alpha value is -1.90. The number of hydrazone groups is 1. The number of halogens is 1. The molecule has 0 aliphatic carbocycles. The van der Waals surface area contributed by atoms with Crippen molar-refractivity contribution in [2.75, 3.05) is 45.8 Å². The predicted octanol–water partition coefficient (Wildman–Crippen LogP) is 3.75. The van der Waals surface area contributed by atoms with Crippen molar-refractivity contribution in [2.45, 2.75) is 39.1 Å². The van der Waals surface area contributed by atoms with E-state index in [4.69, 9.17) is 16.7 Å². The Morgan fingerprint density at radius 2 is 1.82 bits per heavy atom. The van der Waals surface area contributed by atoms with E-state index in [1.807, 2.05) is 34.2 Å². The van der Waals surface area contributed by atoms with Gasteiger partial charge in [-0.3, -0.25) is 4.79 Å². The minimum atomic E-state index is 0.0840. The molecule has 0 bridgehead atoms. The van der Waals surface area contributed by atoms with Crippen LogP contribution >= 0.6 is 23.4 Å². The van der Waals surface area contributed by atoms with E-state index < -0.39 is 0 Å². The van der Waals surface area contributed by atoms with Crippen molar-refractivity contribution in [2.24, 2.45) is 11.0 Å². The molecule has 0 saturated carbocycles. The molecule has 3 aliphatic heterocycles. The monoisotopic (exact) mass is 490 g/mol. The summed E-state index contributed by atoms with van der Waals surface area (Å²) in [7, 11) is 0. The Morgan fingerprint density at radius 1 is 1.12 bits per heavy atom. The maximum absolute atomic E-state index is 13.1. The quantitative estimate of drug-likeness (QED) is 0.599. The van der Waals surface area contributed by atoms with E-state index in [-0.39, 0.29) is 11.4 Å². The molecule has 3 aliphatic rings. The highest BCUT2D eigenvalue weighted by Gasteiger charge is 2.36. The highest BCUT2D eigenvalue weighted by Crippen LogP contribution is 2.35. The maximum atomic E-state index is 13.1. The van der Waals surface area contributed by atoms with Gasteiger partial charge in [0.2, 0.25) is 5.91 Å². The number of rotatable bonds is 8. The van der Waals surface area contributed by atoms with Crippen molar-refractivity contribution in [1.29, 1.82) is 0 Å². The van der Waals surface area contributed by atoms with Gasteiger partial charge in [0, 0.05) is 43.7 Å². The number of carbonyl (C=O) groups is 1. The summed E-state index contributed by atoms with van der Waals surface area (Å²) in [6, 6.07) is 7.84. The molecular weight excluding hydrogens is 456 g/mol. The summed E-state index contributed by atoms with van der Waals surface area (Å²) in [4.78, 5) is 19.9. The second-order valence-electron chi connectivity index (χ2n) is 8.63. The number of hydrogen-bond donors (Lipinski definition) is 1. The average Bonchev–Trinajstić information content (AvgIpc) is 3.42. The van der Waals surface area contributed by atoms with Crippen LogP contribution in [0.3, 0.4) is 0 Å². The summed E-state index contributed by atoms with van der Waals surface area (Å²) in [6.45, 7) is 12.8. The van der Waals surface area contributed by atoms with Crippen LogP contribution in [0.15, 0.2) is 35.6 Å². The largest absolute Gasteiger partial charge is 0.353 e. The average molecular weight is 491 g/mol. The van der Waals surface area contributed by atoms with Crippen LogP contribution in [0.4, 0.5) is 0 Å². The second-order valence-corrected chi connectivity index (χ2v) is 10.1. The van der Waals surface area contributed by atoms with E-state index in [2.05, 4.69) is 42.1 Å². The highest BCUT2D eigenvalue weighted by atomic mass is 35.5. The molecule has 180 valence electrons. The summed E-state index contributed by atoms with van der Waals surface area (Å²) < 4.78 is 0. The van der Waals surface area contributed by atoms with E-state index in [9.17, 15) is 4.79 Å². The molecular formula is C24H35ClN6OS. The standard InChI is InChI=1S/C24H35ClN6OS/c1-4-28(5-2)15-16-29(6-3)22(32)19-11-13-30(14-12-19)24-27-31-17-21(26-23(31)33-24)18-7-9-20(25)10-8-18/h7-10,17,19,23,26H,4-6,11-16H2,1-3H3. The number of carbonyl (C=O) groups excluding carboxylic acids is 1. The van der Waals surface area contributed by atoms with E-state index in [1.165, 1.54) is 0 Å². The lowest BCUT2D eigenvalue weighted by molar-refractivity contribution is -0.136. The smallest absolute Gasteiger partial charge is 0.225 e. The molecule has 3 heterocycles. The van der Waals surface area contributed by atoms with Crippen molar-refractivity contribution < 1.29 is 4.79 Å². The molecule has 1 aromatic rings. The van der Waals surface area contributed by atoms with E-state index >= 15 is 0 Å². The fraction of sp³-hybridized carbons (Fsp3) is 0.583. The van der Waals surface area contributed by atoms with Crippen molar-refractivity contribution in [3.05, 3.63) is 41.1 Å². The molecule has 1 atom stereocenters. The molecule has 1 saturated heterocycles. The number of likely N-dealkylation sites (tertiary alicyclic amines) is 1. The van der Waals surface area contributed by atoms with Crippen LogP contribution in [0.5, 0.6) is 0 Å². The fourth-order valence-corrected chi connectivity index (χ4v) is 5.75. The third-order valence-corrected chi connectivity index (χ3v) is 8.10. The minimum absolute atomic E-state index is 0.0840. The first-order valence-corrected chi connectivity index (χ1v) is 13.3. The van der Waals surface area contributed by atoms with Gasteiger partial charge in [-0.2, -0.15) is 0 Å². The molecule has 33 heavy (non-hydrogen) atoms. The topological polar surface area (TPSA) is 54.4 Å². The number of nitrogens with one attached hydrogen (secondary N) is 1. The zero-order chi connectivity index (χ0) is 23.4. The number of thioether (sulfide) groups is 1. The Kier molecular flexibility index (Phi) is 8.09. The lowest BCUT2D eigenvalue weighted by Gasteiger charge is -2.35. The molecule has 0 spiro atoms. The highest BCUT2D eigenvalue weighted by molar-refractivity contribution is 8.14. The number of amidine groups is 1. The molecule has 1 amide bonds. The third kappa shape index (κ3) is 5.61. The summed E-state index contributed by atoms with van der Waals surface area (Å²) in [5, 5.41) is 12.1. The van der Waals surface area contributed by atoms with Crippen LogP contribution in [0.1, 0.15) is 39.2 Å². The molecule has 9 heteroatoms. The van der Waals surface area contributed by atoms with Gasteiger partial charge in [0.15, 0.2) is 10.7 Å². The number of hydrogen-bond acceptors (Lipinski definition) is 7. The summed E-state index contributed by atoms with van der Waals surface area (Å²) in [5.74, 6) is 0.447. The lowest BCUT2D eigenvalue weighted by Crippen LogP contribution is -2.45. The van der Waals surface area contributed by atoms with Crippen LogP contribution in [-0.2, 0) is 4.79 Å². The number of fused-ring (bicyclic) bond motifs is 1. The van der Waals surface area contributed by atoms with Crippen LogP contribution < -0.4 is 5.32 Å². The van der Waals surface area contributed by atoms with Gasteiger partial charge in [-0.1, -0.05) is 37.6 Å². The Bertz CT molecular complexity index is 879. The molecule has 0 aromatic heterocycles. The first-order valence-electron chi connectivity index (χ1n) is 12.1. The van der Waals surface area contributed by atoms with Crippen LogP contribution in [0, 0.1) is 5.92 Å². The zero-order valence-electron chi connectivity index (χ0n) is 19.8. The van der Waals surface area contributed by atoms with Gasteiger partial charge < -0.3 is 20.0 Å². The van der Waals surface area contributed by atoms with Gasteiger partial charge in [0.1, 0.15) is 0 Å². The molecule has 1 fully saturated rings. The van der Waals surface area contributed by atoms with Gasteiger partial charge in [0.05, 0.1) is 11.9 Å². The van der Waals surface area contributed by atoms with Crippen LogP contribution in [0.2, 0.25) is 5.02 Å². The Balaban J connectivity index is 1.29. The maximum Gasteiger partial charge on any atom is 0.225 e. The van der Waals surface area contributed by atoms with Crippen LogP contribution in [-0.4, -0.2) is 82.1 Å². The molecule has 0 radical (unpaired) electrons. The van der Waals surface area contributed by atoms with E-state index in [1.54, 1.807) is 11.8 Å². The van der Waals surface area contributed by atoms with Crippen molar-refractivity contribution in [1.82, 2.24) is 25.0 Å². The SMILES string of the molecule is CCN(CC)CCN(CC)C(=O)C1CCN(C2=NN3C=C(c4ccc(Cl)cc4)NC3S2)CC1. The zero-order valence-corrected chi connectivity index (χ0v) is 21.4. The van der Waals surface area contributed by atoms with Crippen molar-refractivity contribution in [3.63, 3.8) is 0 Å². The Labute approximate surface area is 206 Å². The summed E-state index contributed by atoms with van der Waals surface area (Å²) >= 11 is 7.75. The molecule has 1 unspecified atom stereocenters. The van der Waals surface area contributed by atoms with Crippen LogP contribution in [0.25, 0.3) is 5.70 Å². The number of amides is 1. The van der Waals surface area contributed by atoms with E-state index in [0.717, 1.165) is 80.1 Å². The van der Waals surface area contributed by atoms with Gasteiger partial charge >= 0.3 is 0 Å². The third-order valence-electron chi connectivity index (χ3n) is 6.74. The number of nitrogens with zero attached hydrogens (tertiary/aromatic N) is 5. The van der Waals surface area contributed by atoms with E-state index in [0.29, 0.717) is 5.91 Å². The van der Waals surface area contributed by atoms with Gasteiger partial charge in [-0.25, -0.2) is 5.01 Å². The van der Waals surface area contributed by atoms with Gasteiger partial charge in [-0.05, 0) is 62.3 Å². The number of piperidine rings is 1. The van der Waals surface area contributed by atoms with Crippen molar-refractivity contribution >= 4 is 40.1 Å². The van der Waals surface area contributed by atoms with Crippen molar-refractivity contribution in [3.8, 4) is 0 Å². The number of benzene rings is 1. The summed E-state index contributed by atoms with van der Waals surface area (Å²) in [5.41, 5.74) is 2.24. The number of likely N-dealkylation sites (N-methyl/N-ethyl adjacent to an activating group) is 2. The van der Waals surface area contributed by atoms with Gasteiger partial charge in [0.25, 0.3) is 0 Å². The second kappa shape index (κ2) is 11.0. The first kappa shape index (κ1) is 24.2.